The summed E-state index contributed by atoms with van der Waals surface area (Å²) >= 11 is 2.18. The van der Waals surface area contributed by atoms with Crippen molar-refractivity contribution < 1.29 is 4.39 Å². The standard InChI is InChI=1S/C8H5FIN/c9-7-1-2-8(10)6-4-11-3-5(6)7/h1-4,11H. The predicted molar refractivity (Wildman–Crippen MR) is 51.0 cm³/mol. The average Bonchev–Trinajstić information content (AvgIpc) is 2.45. The van der Waals surface area contributed by atoms with Gasteiger partial charge < -0.3 is 4.98 Å². The van der Waals surface area contributed by atoms with Gasteiger partial charge in [0.1, 0.15) is 5.82 Å². The molecular weight excluding hydrogens is 256 g/mol. The second-order valence-corrected chi connectivity index (χ2v) is 3.47. The Kier molecular flexibility index (Phi) is 1.60. The minimum Gasteiger partial charge on any atom is -0.366 e. The van der Waals surface area contributed by atoms with E-state index in [-0.39, 0.29) is 5.82 Å². The lowest BCUT2D eigenvalue weighted by molar-refractivity contribution is 0.640. The molecule has 1 aromatic carbocycles. The fourth-order valence-electron chi connectivity index (χ4n) is 1.08. The number of aromatic amines is 1. The Morgan fingerprint density at radius 3 is 2.64 bits per heavy atom. The summed E-state index contributed by atoms with van der Waals surface area (Å²) in [4.78, 5) is 2.87. The van der Waals surface area contributed by atoms with Crippen LogP contribution in [0.3, 0.4) is 0 Å². The van der Waals surface area contributed by atoms with Crippen LogP contribution in [0.2, 0.25) is 0 Å². The third kappa shape index (κ3) is 1.03. The lowest BCUT2D eigenvalue weighted by Crippen LogP contribution is -1.76. The fraction of sp³-hybridized carbons (Fsp3) is 0. The molecule has 0 amide bonds. The number of hydrogen-bond donors (Lipinski definition) is 1. The molecule has 1 heterocycles. The molecule has 0 atom stereocenters. The number of benzene rings is 1. The quantitative estimate of drug-likeness (QED) is 0.702. The molecule has 3 heteroatoms. The van der Waals surface area contributed by atoms with Gasteiger partial charge in [-0.2, -0.15) is 0 Å². The van der Waals surface area contributed by atoms with Crippen LogP contribution in [0.1, 0.15) is 0 Å². The van der Waals surface area contributed by atoms with Crippen molar-refractivity contribution in [2.24, 2.45) is 0 Å². The Balaban J connectivity index is 2.96. The minimum atomic E-state index is -0.165. The summed E-state index contributed by atoms with van der Waals surface area (Å²) in [6.45, 7) is 0. The van der Waals surface area contributed by atoms with Crippen LogP contribution in [0.15, 0.2) is 24.5 Å². The van der Waals surface area contributed by atoms with Gasteiger partial charge in [0.05, 0.1) is 0 Å². The third-order valence-corrected chi connectivity index (χ3v) is 2.58. The number of nitrogens with one attached hydrogen (secondary N) is 1. The van der Waals surface area contributed by atoms with Crippen LogP contribution in [0.5, 0.6) is 0 Å². The van der Waals surface area contributed by atoms with Crippen LogP contribution in [-0.2, 0) is 0 Å². The zero-order valence-corrected chi connectivity index (χ0v) is 7.72. The summed E-state index contributed by atoms with van der Waals surface area (Å²) in [5.41, 5.74) is 0. The SMILES string of the molecule is Fc1ccc(I)c2c[nH]cc12. The van der Waals surface area contributed by atoms with E-state index in [1.54, 1.807) is 18.5 Å². The first kappa shape index (κ1) is 7.09. The maximum Gasteiger partial charge on any atom is 0.132 e. The van der Waals surface area contributed by atoms with Gasteiger partial charge in [-0.05, 0) is 34.7 Å². The number of rotatable bonds is 0. The summed E-state index contributed by atoms with van der Waals surface area (Å²) in [6.07, 6.45) is 3.48. The van der Waals surface area contributed by atoms with Crippen molar-refractivity contribution in [3.05, 3.63) is 33.9 Å². The average molecular weight is 261 g/mol. The first-order valence-electron chi connectivity index (χ1n) is 3.19. The van der Waals surface area contributed by atoms with Crippen molar-refractivity contribution in [3.8, 4) is 0 Å². The Labute approximate surface area is 76.7 Å². The molecule has 0 saturated heterocycles. The van der Waals surface area contributed by atoms with Gasteiger partial charge in [-0.1, -0.05) is 0 Å². The van der Waals surface area contributed by atoms with Crippen molar-refractivity contribution >= 4 is 33.4 Å². The van der Waals surface area contributed by atoms with Gasteiger partial charge in [0.25, 0.3) is 0 Å². The molecule has 0 spiro atoms. The van der Waals surface area contributed by atoms with E-state index in [1.165, 1.54) is 6.07 Å². The first-order valence-corrected chi connectivity index (χ1v) is 4.27. The highest BCUT2D eigenvalue weighted by Gasteiger charge is 2.02. The Morgan fingerprint density at radius 1 is 1.18 bits per heavy atom. The molecular formula is C8H5FIN. The number of hydrogen-bond acceptors (Lipinski definition) is 0. The number of halogens is 2. The lowest BCUT2D eigenvalue weighted by Gasteiger charge is -1.93. The third-order valence-electron chi connectivity index (χ3n) is 1.64. The van der Waals surface area contributed by atoms with E-state index >= 15 is 0 Å². The minimum absolute atomic E-state index is 0.165. The molecule has 11 heavy (non-hydrogen) atoms. The van der Waals surface area contributed by atoms with Crippen LogP contribution in [0.4, 0.5) is 4.39 Å². The fourth-order valence-corrected chi connectivity index (χ4v) is 1.71. The van der Waals surface area contributed by atoms with Gasteiger partial charge in [0.2, 0.25) is 0 Å². The van der Waals surface area contributed by atoms with E-state index in [2.05, 4.69) is 27.6 Å². The van der Waals surface area contributed by atoms with Crippen LogP contribution in [0, 0.1) is 9.39 Å². The predicted octanol–water partition coefficient (Wildman–Crippen LogP) is 2.91. The van der Waals surface area contributed by atoms with E-state index in [0.717, 1.165) is 8.96 Å². The van der Waals surface area contributed by atoms with E-state index in [9.17, 15) is 4.39 Å². The summed E-state index contributed by atoms with van der Waals surface area (Å²) in [6, 6.07) is 3.25. The molecule has 0 unspecified atom stereocenters. The highest BCUT2D eigenvalue weighted by molar-refractivity contribution is 14.1. The van der Waals surface area contributed by atoms with E-state index in [4.69, 9.17) is 0 Å². The molecule has 0 aliphatic carbocycles. The van der Waals surface area contributed by atoms with Gasteiger partial charge in [-0.25, -0.2) is 4.39 Å². The monoisotopic (exact) mass is 261 g/mol. The van der Waals surface area contributed by atoms with Crippen molar-refractivity contribution in [2.75, 3.05) is 0 Å². The van der Waals surface area contributed by atoms with Crippen molar-refractivity contribution in [1.29, 1.82) is 0 Å². The number of fused-ring (bicyclic) bond motifs is 1. The molecule has 56 valence electrons. The smallest absolute Gasteiger partial charge is 0.132 e. The zero-order chi connectivity index (χ0) is 7.84. The molecule has 1 aromatic heterocycles. The molecule has 1 nitrogen and oxygen atoms in total. The number of H-pyrrole nitrogens is 1. The maximum atomic E-state index is 13.0. The Hall–Kier alpha value is -0.580. The van der Waals surface area contributed by atoms with Gasteiger partial charge in [-0.15, -0.1) is 0 Å². The summed E-state index contributed by atoms with van der Waals surface area (Å²) in [5.74, 6) is -0.165. The molecule has 2 aromatic rings. The first-order chi connectivity index (χ1) is 5.29. The van der Waals surface area contributed by atoms with Gasteiger partial charge in [0.15, 0.2) is 0 Å². The second kappa shape index (κ2) is 2.48. The molecule has 0 bridgehead atoms. The Morgan fingerprint density at radius 2 is 1.91 bits per heavy atom. The molecule has 1 N–H and O–H groups in total. The molecule has 0 saturated carbocycles. The van der Waals surface area contributed by atoms with Crippen LogP contribution in [-0.4, -0.2) is 4.98 Å². The highest BCUT2D eigenvalue weighted by Crippen LogP contribution is 2.22. The molecule has 0 aliphatic rings. The summed E-state index contributed by atoms with van der Waals surface area (Å²) in [7, 11) is 0. The molecule has 0 fully saturated rings. The largest absolute Gasteiger partial charge is 0.366 e. The lowest BCUT2D eigenvalue weighted by atomic mass is 10.2. The Bertz CT molecular complexity index is 358. The topological polar surface area (TPSA) is 15.8 Å². The van der Waals surface area contributed by atoms with Crippen molar-refractivity contribution in [1.82, 2.24) is 4.98 Å². The number of aromatic nitrogens is 1. The molecule has 2 rings (SSSR count). The van der Waals surface area contributed by atoms with E-state index < -0.39 is 0 Å². The van der Waals surface area contributed by atoms with Gasteiger partial charge >= 0.3 is 0 Å². The maximum absolute atomic E-state index is 13.0. The second-order valence-electron chi connectivity index (χ2n) is 2.31. The molecule has 0 radical (unpaired) electrons. The van der Waals surface area contributed by atoms with Crippen LogP contribution < -0.4 is 0 Å². The summed E-state index contributed by atoms with van der Waals surface area (Å²) in [5, 5.41) is 1.61. The van der Waals surface area contributed by atoms with Crippen LogP contribution >= 0.6 is 22.6 Å². The van der Waals surface area contributed by atoms with E-state index in [0.29, 0.717) is 5.39 Å². The van der Waals surface area contributed by atoms with Gasteiger partial charge in [0, 0.05) is 26.7 Å². The molecule has 0 aliphatic heterocycles. The summed E-state index contributed by atoms with van der Waals surface area (Å²) < 4.78 is 14.0. The van der Waals surface area contributed by atoms with Crippen molar-refractivity contribution in [3.63, 3.8) is 0 Å². The van der Waals surface area contributed by atoms with Crippen LogP contribution in [0.25, 0.3) is 10.8 Å². The van der Waals surface area contributed by atoms with Gasteiger partial charge in [-0.3, -0.25) is 0 Å². The normalized spacial score (nSPS) is 10.7. The highest BCUT2D eigenvalue weighted by atomic mass is 127. The van der Waals surface area contributed by atoms with E-state index in [1.807, 2.05) is 0 Å². The van der Waals surface area contributed by atoms with Crippen molar-refractivity contribution in [2.45, 2.75) is 0 Å². The zero-order valence-electron chi connectivity index (χ0n) is 5.57.